The first kappa shape index (κ1) is 19.8. The van der Waals surface area contributed by atoms with E-state index in [0.717, 1.165) is 29.2 Å². The highest BCUT2D eigenvalue weighted by Crippen LogP contribution is 2.22. The standard InChI is InChI=1S/C20H23ClN6O/c1-14(2)12-27-20(21)17(15(3)25-27)5-7-19(28)24-11-16-4-6-18(23-10-16)26-9-8-22-13-26/h4-10,13-14H,11-12H2,1-3H3,(H,24,28)/b7-5+. The number of aromatic nitrogens is 5. The fourth-order valence-corrected chi connectivity index (χ4v) is 3.01. The first-order chi connectivity index (χ1) is 13.4. The maximum atomic E-state index is 12.1. The monoisotopic (exact) mass is 398 g/mol. The number of rotatable bonds is 7. The minimum Gasteiger partial charge on any atom is -0.348 e. The molecule has 28 heavy (non-hydrogen) atoms. The number of hydrogen-bond acceptors (Lipinski definition) is 4. The molecular weight excluding hydrogens is 376 g/mol. The predicted octanol–water partition coefficient (Wildman–Crippen LogP) is 3.41. The van der Waals surface area contributed by atoms with Crippen molar-refractivity contribution in [3.63, 3.8) is 0 Å². The van der Waals surface area contributed by atoms with Crippen molar-refractivity contribution in [1.82, 2.24) is 29.6 Å². The van der Waals surface area contributed by atoms with Crippen LogP contribution in [0.15, 0.2) is 43.1 Å². The molecule has 7 nitrogen and oxygen atoms in total. The zero-order valence-electron chi connectivity index (χ0n) is 16.1. The maximum absolute atomic E-state index is 12.1. The fraction of sp³-hybridized carbons (Fsp3) is 0.300. The van der Waals surface area contributed by atoms with Gasteiger partial charge >= 0.3 is 0 Å². The van der Waals surface area contributed by atoms with E-state index in [4.69, 9.17) is 11.6 Å². The lowest BCUT2D eigenvalue weighted by Crippen LogP contribution is -2.20. The molecule has 0 atom stereocenters. The molecule has 3 rings (SSSR count). The number of carbonyl (C=O) groups is 1. The van der Waals surface area contributed by atoms with Crippen LogP contribution in [0.25, 0.3) is 11.9 Å². The molecule has 8 heteroatoms. The minimum atomic E-state index is -0.203. The maximum Gasteiger partial charge on any atom is 0.244 e. The van der Waals surface area contributed by atoms with Gasteiger partial charge in [-0.2, -0.15) is 5.10 Å². The Morgan fingerprint density at radius 2 is 2.18 bits per heavy atom. The van der Waals surface area contributed by atoms with Crippen molar-refractivity contribution in [2.75, 3.05) is 0 Å². The van der Waals surface area contributed by atoms with E-state index in [-0.39, 0.29) is 5.91 Å². The third-order valence-electron chi connectivity index (χ3n) is 4.09. The summed E-state index contributed by atoms with van der Waals surface area (Å²) in [6.45, 7) is 7.22. The van der Waals surface area contributed by atoms with Crippen molar-refractivity contribution in [3.05, 3.63) is 65.1 Å². The van der Waals surface area contributed by atoms with Crippen molar-refractivity contribution in [2.24, 2.45) is 5.92 Å². The third-order valence-corrected chi connectivity index (χ3v) is 4.49. The van der Waals surface area contributed by atoms with Crippen molar-refractivity contribution >= 4 is 23.6 Å². The van der Waals surface area contributed by atoms with Gasteiger partial charge in [0.15, 0.2) is 0 Å². The molecule has 3 aromatic rings. The molecule has 0 saturated heterocycles. The second-order valence-electron chi connectivity index (χ2n) is 6.91. The Bertz CT molecular complexity index is 958. The Morgan fingerprint density at radius 3 is 2.82 bits per heavy atom. The molecule has 1 N–H and O–H groups in total. The molecule has 3 heterocycles. The molecule has 0 bridgehead atoms. The highest BCUT2D eigenvalue weighted by molar-refractivity contribution is 6.31. The van der Waals surface area contributed by atoms with Crippen molar-refractivity contribution < 1.29 is 4.79 Å². The molecule has 0 aliphatic heterocycles. The zero-order valence-corrected chi connectivity index (χ0v) is 16.9. The van der Waals surface area contributed by atoms with Crippen LogP contribution in [0.4, 0.5) is 0 Å². The summed E-state index contributed by atoms with van der Waals surface area (Å²) in [5.74, 6) is 1.01. The van der Waals surface area contributed by atoms with E-state index >= 15 is 0 Å². The van der Waals surface area contributed by atoms with Gasteiger partial charge in [-0.25, -0.2) is 9.97 Å². The van der Waals surface area contributed by atoms with Gasteiger partial charge in [-0.1, -0.05) is 31.5 Å². The first-order valence-electron chi connectivity index (χ1n) is 9.06. The lowest BCUT2D eigenvalue weighted by Gasteiger charge is -2.05. The highest BCUT2D eigenvalue weighted by Gasteiger charge is 2.12. The number of nitrogens with one attached hydrogen (secondary N) is 1. The molecule has 1 amide bonds. The molecule has 0 aromatic carbocycles. The van der Waals surface area contributed by atoms with E-state index in [9.17, 15) is 4.79 Å². The van der Waals surface area contributed by atoms with E-state index in [1.807, 2.05) is 29.8 Å². The molecule has 0 aliphatic rings. The zero-order chi connectivity index (χ0) is 20.1. The van der Waals surface area contributed by atoms with E-state index in [2.05, 4.69) is 34.2 Å². The van der Waals surface area contributed by atoms with Gasteiger partial charge in [-0.05, 0) is 30.5 Å². The molecule has 0 unspecified atom stereocenters. The lowest BCUT2D eigenvalue weighted by atomic mass is 10.2. The first-order valence-corrected chi connectivity index (χ1v) is 9.44. The molecule has 146 valence electrons. The number of nitrogens with zero attached hydrogens (tertiary/aromatic N) is 5. The predicted molar refractivity (Wildman–Crippen MR) is 109 cm³/mol. The molecule has 0 spiro atoms. The van der Waals surface area contributed by atoms with Gasteiger partial charge < -0.3 is 5.32 Å². The summed E-state index contributed by atoms with van der Waals surface area (Å²) in [6.07, 6.45) is 10.1. The Morgan fingerprint density at radius 1 is 1.36 bits per heavy atom. The van der Waals surface area contributed by atoms with Crippen LogP contribution in [0.1, 0.15) is 30.7 Å². The molecule has 0 saturated carbocycles. The SMILES string of the molecule is Cc1nn(CC(C)C)c(Cl)c1/C=C/C(=O)NCc1ccc(-n2ccnc2)nc1. The average Bonchev–Trinajstić information content (AvgIpc) is 3.28. The normalized spacial score (nSPS) is 11.5. The Hall–Kier alpha value is -2.93. The van der Waals surface area contributed by atoms with E-state index in [1.165, 1.54) is 6.08 Å². The number of halogens is 1. The Labute approximate surface area is 169 Å². The average molecular weight is 399 g/mol. The largest absolute Gasteiger partial charge is 0.348 e. The van der Waals surface area contributed by atoms with Crippen molar-refractivity contribution in [3.8, 4) is 5.82 Å². The third kappa shape index (κ3) is 4.86. The van der Waals surface area contributed by atoms with Crippen LogP contribution in [0, 0.1) is 12.8 Å². The van der Waals surface area contributed by atoms with Crippen LogP contribution >= 0.6 is 11.6 Å². The summed E-state index contributed by atoms with van der Waals surface area (Å²) >= 11 is 6.39. The molecular formula is C20H23ClN6O. The topological polar surface area (TPSA) is 77.6 Å². The van der Waals surface area contributed by atoms with Crippen LogP contribution in [-0.4, -0.2) is 30.2 Å². The lowest BCUT2D eigenvalue weighted by molar-refractivity contribution is -0.116. The van der Waals surface area contributed by atoms with Gasteiger partial charge in [0.2, 0.25) is 5.91 Å². The van der Waals surface area contributed by atoms with Crippen LogP contribution < -0.4 is 5.32 Å². The quantitative estimate of drug-likeness (QED) is 0.618. The van der Waals surface area contributed by atoms with Crippen LogP contribution in [-0.2, 0) is 17.9 Å². The van der Waals surface area contributed by atoms with Gasteiger partial charge in [-0.3, -0.25) is 14.0 Å². The summed E-state index contributed by atoms with van der Waals surface area (Å²) in [4.78, 5) is 20.5. The number of hydrogen-bond donors (Lipinski definition) is 1. The van der Waals surface area contributed by atoms with Gasteiger partial charge in [0.1, 0.15) is 17.3 Å². The molecule has 0 fully saturated rings. The number of amides is 1. The molecule has 0 aliphatic carbocycles. The minimum absolute atomic E-state index is 0.203. The van der Waals surface area contributed by atoms with E-state index in [0.29, 0.717) is 17.6 Å². The van der Waals surface area contributed by atoms with Crippen LogP contribution in [0.5, 0.6) is 0 Å². The number of pyridine rings is 1. The Kier molecular flexibility index (Phi) is 6.26. The second kappa shape index (κ2) is 8.84. The summed E-state index contributed by atoms with van der Waals surface area (Å²) in [5, 5.41) is 7.83. The number of carbonyl (C=O) groups excluding carboxylic acids is 1. The van der Waals surface area contributed by atoms with Gasteiger partial charge in [-0.15, -0.1) is 0 Å². The van der Waals surface area contributed by atoms with Crippen molar-refractivity contribution in [2.45, 2.75) is 33.9 Å². The summed E-state index contributed by atoms with van der Waals surface area (Å²) < 4.78 is 3.59. The summed E-state index contributed by atoms with van der Waals surface area (Å²) in [5.41, 5.74) is 2.47. The number of aryl methyl sites for hydroxylation is 1. The summed E-state index contributed by atoms with van der Waals surface area (Å²) in [7, 11) is 0. The molecule has 0 radical (unpaired) electrons. The number of imidazole rings is 1. The fourth-order valence-electron chi connectivity index (χ4n) is 2.70. The summed E-state index contributed by atoms with van der Waals surface area (Å²) in [6, 6.07) is 3.80. The second-order valence-corrected chi connectivity index (χ2v) is 7.27. The van der Waals surface area contributed by atoms with Gasteiger partial charge in [0.05, 0.1) is 5.69 Å². The van der Waals surface area contributed by atoms with E-state index in [1.54, 1.807) is 29.5 Å². The van der Waals surface area contributed by atoms with E-state index < -0.39 is 0 Å². The smallest absolute Gasteiger partial charge is 0.244 e. The highest BCUT2D eigenvalue weighted by atomic mass is 35.5. The van der Waals surface area contributed by atoms with Crippen LogP contribution in [0.3, 0.4) is 0 Å². The van der Waals surface area contributed by atoms with Crippen molar-refractivity contribution in [1.29, 1.82) is 0 Å². The Balaban J connectivity index is 1.58. The molecule has 3 aromatic heterocycles. The van der Waals surface area contributed by atoms with Gasteiger partial charge in [0, 0.05) is 43.3 Å². The van der Waals surface area contributed by atoms with Gasteiger partial charge in [0.25, 0.3) is 0 Å². The van der Waals surface area contributed by atoms with Crippen LogP contribution in [0.2, 0.25) is 5.15 Å².